The number of carboxylic acid groups (broad SMARTS) is 1. The number of benzene rings is 1. The number of aromatic nitrogens is 1. The summed E-state index contributed by atoms with van der Waals surface area (Å²) in [6, 6.07) is 8.98. The van der Waals surface area contributed by atoms with E-state index in [1.807, 2.05) is 0 Å². The van der Waals surface area contributed by atoms with E-state index < -0.39 is 18.4 Å². The number of aromatic hydroxyl groups is 1. The molecule has 0 unspecified atom stereocenters. The Hall–Kier alpha value is -2.60. The van der Waals surface area contributed by atoms with Crippen LogP contribution in [0.5, 0.6) is 5.75 Å². The molecule has 21 heavy (non-hydrogen) atoms. The fourth-order valence-corrected chi connectivity index (χ4v) is 1.93. The van der Waals surface area contributed by atoms with Crippen molar-refractivity contribution in [1.82, 2.24) is 4.98 Å². The quantitative estimate of drug-likeness (QED) is 0.903. The van der Waals surface area contributed by atoms with Crippen molar-refractivity contribution in [1.29, 1.82) is 0 Å². The van der Waals surface area contributed by atoms with Crippen LogP contribution in [0.3, 0.4) is 0 Å². The van der Waals surface area contributed by atoms with E-state index in [1.54, 1.807) is 18.2 Å². The van der Waals surface area contributed by atoms with Crippen LogP contribution in [0.15, 0.2) is 42.6 Å². The van der Waals surface area contributed by atoms with Crippen molar-refractivity contribution >= 4 is 29.2 Å². The Balaban J connectivity index is 2.43. The Morgan fingerprint density at radius 2 is 2.00 bits per heavy atom. The minimum absolute atomic E-state index is 0.223. The maximum absolute atomic E-state index is 12.4. The molecule has 0 aliphatic rings. The highest BCUT2D eigenvalue weighted by atomic mass is 35.5. The lowest BCUT2D eigenvalue weighted by molar-refractivity contribution is -0.135. The molecular weight excluding hydrogens is 296 g/mol. The van der Waals surface area contributed by atoms with Gasteiger partial charge < -0.3 is 10.2 Å². The van der Waals surface area contributed by atoms with Crippen molar-refractivity contribution in [2.75, 3.05) is 11.4 Å². The number of rotatable bonds is 4. The van der Waals surface area contributed by atoms with Gasteiger partial charge in [0.15, 0.2) is 5.69 Å². The fraction of sp³-hybridized carbons (Fsp3) is 0.0714. The topological polar surface area (TPSA) is 90.7 Å². The van der Waals surface area contributed by atoms with Gasteiger partial charge in [0.1, 0.15) is 12.3 Å². The van der Waals surface area contributed by atoms with Gasteiger partial charge in [-0.05, 0) is 30.3 Å². The van der Waals surface area contributed by atoms with Gasteiger partial charge >= 0.3 is 5.97 Å². The number of aliphatic carboxylic acids is 1. The molecule has 2 rings (SSSR count). The number of halogens is 1. The molecule has 0 fully saturated rings. The summed E-state index contributed by atoms with van der Waals surface area (Å²) in [7, 11) is 0. The Morgan fingerprint density at radius 1 is 1.24 bits per heavy atom. The lowest BCUT2D eigenvalue weighted by atomic mass is 10.2. The number of hydrogen-bond acceptors (Lipinski definition) is 4. The van der Waals surface area contributed by atoms with E-state index in [1.165, 1.54) is 24.4 Å². The van der Waals surface area contributed by atoms with Crippen LogP contribution in [0.4, 0.5) is 5.69 Å². The summed E-state index contributed by atoms with van der Waals surface area (Å²) < 4.78 is 0. The van der Waals surface area contributed by atoms with E-state index in [-0.39, 0.29) is 11.4 Å². The van der Waals surface area contributed by atoms with Crippen molar-refractivity contribution in [3.8, 4) is 5.75 Å². The van der Waals surface area contributed by atoms with Crippen LogP contribution in [-0.4, -0.2) is 33.6 Å². The van der Waals surface area contributed by atoms with Crippen LogP contribution in [0.2, 0.25) is 5.02 Å². The Labute approximate surface area is 125 Å². The van der Waals surface area contributed by atoms with Crippen LogP contribution in [-0.2, 0) is 4.79 Å². The van der Waals surface area contributed by atoms with Crippen molar-refractivity contribution in [3.05, 3.63) is 53.3 Å². The molecule has 1 heterocycles. The molecule has 7 heteroatoms. The van der Waals surface area contributed by atoms with Crippen molar-refractivity contribution < 1.29 is 19.8 Å². The molecule has 1 amide bonds. The van der Waals surface area contributed by atoms with Crippen LogP contribution in [0.25, 0.3) is 0 Å². The first-order valence-electron chi connectivity index (χ1n) is 5.92. The van der Waals surface area contributed by atoms with Gasteiger partial charge in [-0.2, -0.15) is 0 Å². The standard InChI is InChI=1S/C14H11ClN2O4/c15-9-3-1-4-10(7-9)17(8-12(19)20)14(21)13-11(18)5-2-6-16-13/h1-7,18H,8H2,(H,19,20). The fourth-order valence-electron chi connectivity index (χ4n) is 1.75. The summed E-state index contributed by atoms with van der Waals surface area (Å²) >= 11 is 5.86. The predicted molar refractivity (Wildman–Crippen MR) is 76.7 cm³/mol. The lowest BCUT2D eigenvalue weighted by Gasteiger charge is -2.21. The first kappa shape index (κ1) is 14.8. The van der Waals surface area contributed by atoms with Crippen molar-refractivity contribution in [2.24, 2.45) is 0 Å². The molecule has 108 valence electrons. The second-order valence-corrected chi connectivity index (χ2v) is 4.57. The van der Waals surface area contributed by atoms with Crippen LogP contribution >= 0.6 is 11.6 Å². The summed E-state index contributed by atoms with van der Waals surface area (Å²) in [6.07, 6.45) is 1.34. The van der Waals surface area contributed by atoms with Gasteiger partial charge in [-0.15, -0.1) is 0 Å². The predicted octanol–water partition coefficient (Wildman–Crippen LogP) is 2.17. The maximum Gasteiger partial charge on any atom is 0.323 e. The normalized spacial score (nSPS) is 10.1. The number of amides is 1. The highest BCUT2D eigenvalue weighted by Crippen LogP contribution is 2.23. The molecule has 0 spiro atoms. The SMILES string of the molecule is O=C(O)CN(C(=O)c1ncccc1O)c1cccc(Cl)c1. The van der Waals surface area contributed by atoms with Gasteiger partial charge in [0.2, 0.25) is 0 Å². The molecular formula is C14H11ClN2O4. The minimum atomic E-state index is -1.20. The zero-order valence-electron chi connectivity index (χ0n) is 10.7. The molecule has 0 aliphatic heterocycles. The number of nitrogens with zero attached hydrogens (tertiary/aromatic N) is 2. The van der Waals surface area contributed by atoms with Gasteiger partial charge in [-0.25, -0.2) is 4.98 Å². The molecule has 1 aromatic heterocycles. The van der Waals surface area contributed by atoms with Crippen LogP contribution in [0.1, 0.15) is 10.5 Å². The monoisotopic (exact) mass is 306 g/mol. The van der Waals surface area contributed by atoms with Gasteiger partial charge in [-0.3, -0.25) is 14.5 Å². The minimum Gasteiger partial charge on any atom is -0.505 e. The summed E-state index contributed by atoms with van der Waals surface area (Å²) in [5.74, 6) is -2.24. The number of carbonyl (C=O) groups is 2. The molecule has 0 atom stereocenters. The van der Waals surface area contributed by atoms with Gasteiger partial charge in [0.05, 0.1) is 0 Å². The Bertz CT molecular complexity index is 690. The Kier molecular flexibility index (Phi) is 4.39. The zero-order valence-corrected chi connectivity index (χ0v) is 11.5. The summed E-state index contributed by atoms with van der Waals surface area (Å²) in [5, 5.41) is 19.0. The number of anilines is 1. The largest absolute Gasteiger partial charge is 0.505 e. The second kappa shape index (κ2) is 6.23. The van der Waals surface area contributed by atoms with Crippen molar-refractivity contribution in [3.63, 3.8) is 0 Å². The van der Waals surface area contributed by atoms with Crippen LogP contribution < -0.4 is 4.90 Å². The summed E-state index contributed by atoms with van der Waals surface area (Å²) in [6.45, 7) is -0.574. The molecule has 2 N–H and O–H groups in total. The van der Waals surface area contributed by atoms with Gasteiger partial charge in [0.25, 0.3) is 5.91 Å². The van der Waals surface area contributed by atoms with E-state index in [4.69, 9.17) is 16.7 Å². The average Bonchev–Trinajstić information content (AvgIpc) is 2.44. The smallest absolute Gasteiger partial charge is 0.323 e. The molecule has 0 radical (unpaired) electrons. The first-order chi connectivity index (χ1) is 9.99. The van der Waals surface area contributed by atoms with E-state index >= 15 is 0 Å². The third-order valence-electron chi connectivity index (χ3n) is 2.65. The summed E-state index contributed by atoms with van der Waals surface area (Å²) in [4.78, 5) is 28.2. The molecule has 1 aromatic carbocycles. The number of carboxylic acids is 1. The molecule has 0 saturated carbocycles. The van der Waals surface area contributed by atoms with E-state index in [9.17, 15) is 14.7 Å². The number of pyridine rings is 1. The van der Waals surface area contributed by atoms with Crippen LogP contribution in [0, 0.1) is 0 Å². The lowest BCUT2D eigenvalue weighted by Crippen LogP contribution is -2.36. The zero-order chi connectivity index (χ0) is 15.4. The third kappa shape index (κ3) is 3.49. The maximum atomic E-state index is 12.4. The number of carbonyl (C=O) groups excluding carboxylic acids is 1. The van der Waals surface area contributed by atoms with E-state index in [0.29, 0.717) is 10.7 Å². The molecule has 0 saturated heterocycles. The highest BCUT2D eigenvalue weighted by molar-refractivity contribution is 6.31. The van der Waals surface area contributed by atoms with Gasteiger partial charge in [-0.1, -0.05) is 17.7 Å². The average molecular weight is 307 g/mol. The number of hydrogen-bond donors (Lipinski definition) is 2. The van der Waals surface area contributed by atoms with E-state index in [0.717, 1.165) is 4.90 Å². The highest BCUT2D eigenvalue weighted by Gasteiger charge is 2.24. The molecule has 6 nitrogen and oxygen atoms in total. The second-order valence-electron chi connectivity index (χ2n) is 4.14. The molecule has 2 aromatic rings. The Morgan fingerprint density at radius 3 is 2.62 bits per heavy atom. The van der Waals surface area contributed by atoms with Crippen molar-refractivity contribution in [2.45, 2.75) is 0 Å². The van der Waals surface area contributed by atoms with Gasteiger partial charge in [0, 0.05) is 16.9 Å². The summed E-state index contributed by atoms with van der Waals surface area (Å²) in [5.41, 5.74) is 0.0821. The van der Waals surface area contributed by atoms with E-state index in [2.05, 4.69) is 4.98 Å². The first-order valence-corrected chi connectivity index (χ1v) is 6.30. The third-order valence-corrected chi connectivity index (χ3v) is 2.88. The molecule has 0 bridgehead atoms. The molecule has 0 aliphatic carbocycles.